The summed E-state index contributed by atoms with van der Waals surface area (Å²) in [6.07, 6.45) is 10.6. The van der Waals surface area contributed by atoms with Crippen molar-refractivity contribution in [1.82, 2.24) is 0 Å². The molecule has 0 aromatic heterocycles. The summed E-state index contributed by atoms with van der Waals surface area (Å²) < 4.78 is 0. The van der Waals surface area contributed by atoms with Crippen molar-refractivity contribution in [2.24, 2.45) is 23.7 Å². The lowest BCUT2D eigenvalue weighted by Crippen LogP contribution is -2.13. The van der Waals surface area contributed by atoms with Crippen molar-refractivity contribution in [1.29, 1.82) is 0 Å². The summed E-state index contributed by atoms with van der Waals surface area (Å²) in [6.45, 7) is 16.1. The Morgan fingerprint density at radius 2 is 1.63 bits per heavy atom. The molecule has 0 nitrogen and oxygen atoms in total. The molecule has 1 rings (SSSR count). The second-order valence-corrected chi connectivity index (χ2v) is 7.07. The molecule has 0 saturated carbocycles. The standard InChI is InChI=1S/C16H30.C3H8/c1-6-15-7-8-16(11-15)14(5)10-13(4)9-12(2)3;1-3-2/h7,12-14,16H,6,8-11H2,1-5H3;3H2,1-2H3/t13?,14?,16-;/m0./s1. The van der Waals surface area contributed by atoms with Crippen LogP contribution in [0.25, 0.3) is 0 Å². The van der Waals surface area contributed by atoms with Gasteiger partial charge in [-0.3, -0.25) is 0 Å². The van der Waals surface area contributed by atoms with Gasteiger partial charge in [0.2, 0.25) is 0 Å². The van der Waals surface area contributed by atoms with E-state index in [9.17, 15) is 0 Å². The third kappa shape index (κ3) is 8.50. The Kier molecular flexibility index (Phi) is 10.4. The molecular formula is C19H38. The van der Waals surface area contributed by atoms with Crippen LogP contribution in [0.4, 0.5) is 0 Å². The molecule has 0 aromatic carbocycles. The van der Waals surface area contributed by atoms with E-state index in [4.69, 9.17) is 0 Å². The summed E-state index contributed by atoms with van der Waals surface area (Å²) in [6, 6.07) is 0. The van der Waals surface area contributed by atoms with Crippen LogP contribution in [0.15, 0.2) is 11.6 Å². The molecule has 0 heteroatoms. The van der Waals surface area contributed by atoms with Crippen molar-refractivity contribution >= 4 is 0 Å². The average Bonchev–Trinajstić information content (AvgIpc) is 2.77. The van der Waals surface area contributed by atoms with Crippen LogP contribution in [0.1, 0.15) is 87.0 Å². The monoisotopic (exact) mass is 266 g/mol. The molecule has 0 aromatic rings. The zero-order chi connectivity index (χ0) is 14.8. The van der Waals surface area contributed by atoms with Crippen LogP contribution in [-0.2, 0) is 0 Å². The average molecular weight is 267 g/mol. The lowest BCUT2D eigenvalue weighted by Gasteiger charge is -2.24. The molecule has 2 unspecified atom stereocenters. The van der Waals surface area contributed by atoms with Crippen molar-refractivity contribution in [2.75, 3.05) is 0 Å². The zero-order valence-electron chi connectivity index (χ0n) is 14.6. The van der Waals surface area contributed by atoms with Crippen LogP contribution < -0.4 is 0 Å². The van der Waals surface area contributed by atoms with Gasteiger partial charge in [-0.2, -0.15) is 0 Å². The lowest BCUT2D eigenvalue weighted by molar-refractivity contribution is 0.281. The number of rotatable bonds is 6. The molecule has 0 spiro atoms. The minimum absolute atomic E-state index is 0.857. The predicted octanol–water partition coefficient (Wildman–Crippen LogP) is 6.86. The minimum atomic E-state index is 0.857. The first-order valence-electron chi connectivity index (χ1n) is 8.62. The fraction of sp³-hybridized carbons (Fsp3) is 0.895. The third-order valence-corrected chi connectivity index (χ3v) is 4.14. The molecule has 3 atom stereocenters. The van der Waals surface area contributed by atoms with Crippen molar-refractivity contribution < 1.29 is 0 Å². The van der Waals surface area contributed by atoms with E-state index in [1.807, 2.05) is 0 Å². The van der Waals surface area contributed by atoms with Gasteiger partial charge in [0.25, 0.3) is 0 Å². The van der Waals surface area contributed by atoms with Crippen LogP contribution in [0, 0.1) is 23.7 Å². The van der Waals surface area contributed by atoms with E-state index in [1.54, 1.807) is 5.57 Å². The fourth-order valence-corrected chi connectivity index (χ4v) is 3.27. The Hall–Kier alpha value is -0.260. The highest BCUT2D eigenvalue weighted by molar-refractivity contribution is 5.10. The highest BCUT2D eigenvalue weighted by Crippen LogP contribution is 2.36. The van der Waals surface area contributed by atoms with Crippen LogP contribution in [0.5, 0.6) is 0 Å². The maximum Gasteiger partial charge on any atom is -0.0286 e. The normalized spacial score (nSPS) is 21.7. The Balaban J connectivity index is 0.000000982. The quantitative estimate of drug-likeness (QED) is 0.461. The van der Waals surface area contributed by atoms with Crippen molar-refractivity contribution in [3.63, 3.8) is 0 Å². The molecule has 19 heavy (non-hydrogen) atoms. The summed E-state index contributed by atoms with van der Waals surface area (Å²) in [5.41, 5.74) is 1.70. The van der Waals surface area contributed by atoms with E-state index in [0.29, 0.717) is 0 Å². The van der Waals surface area contributed by atoms with Gasteiger partial charge in [0, 0.05) is 0 Å². The Morgan fingerprint density at radius 3 is 2.05 bits per heavy atom. The van der Waals surface area contributed by atoms with E-state index >= 15 is 0 Å². The molecule has 0 radical (unpaired) electrons. The molecule has 1 aliphatic rings. The predicted molar refractivity (Wildman–Crippen MR) is 89.5 cm³/mol. The summed E-state index contributed by atoms with van der Waals surface area (Å²) in [7, 11) is 0. The third-order valence-electron chi connectivity index (χ3n) is 4.14. The molecule has 0 bridgehead atoms. The van der Waals surface area contributed by atoms with Crippen LogP contribution in [-0.4, -0.2) is 0 Å². The Morgan fingerprint density at radius 1 is 1.05 bits per heavy atom. The van der Waals surface area contributed by atoms with Gasteiger partial charge in [0.15, 0.2) is 0 Å². The smallest absolute Gasteiger partial charge is 0.0286 e. The van der Waals surface area contributed by atoms with Crippen molar-refractivity contribution in [3.05, 3.63) is 11.6 Å². The van der Waals surface area contributed by atoms with E-state index in [0.717, 1.165) is 23.7 Å². The van der Waals surface area contributed by atoms with Gasteiger partial charge in [0.1, 0.15) is 0 Å². The zero-order valence-corrected chi connectivity index (χ0v) is 14.6. The molecule has 0 heterocycles. The SMILES string of the molecule is CCC.CCC1=CC[C@H](C(C)CC(C)CC(C)C)C1. The summed E-state index contributed by atoms with van der Waals surface area (Å²) in [5.74, 6) is 3.62. The van der Waals surface area contributed by atoms with Crippen molar-refractivity contribution in [3.8, 4) is 0 Å². The largest absolute Gasteiger partial charge is 0.0850 e. The number of hydrogen-bond donors (Lipinski definition) is 0. The lowest BCUT2D eigenvalue weighted by atomic mass is 9.82. The summed E-state index contributed by atoms with van der Waals surface area (Å²) >= 11 is 0. The van der Waals surface area contributed by atoms with Crippen molar-refractivity contribution in [2.45, 2.75) is 87.0 Å². The molecular weight excluding hydrogens is 228 g/mol. The van der Waals surface area contributed by atoms with E-state index < -0.39 is 0 Å². The topological polar surface area (TPSA) is 0 Å². The highest BCUT2D eigenvalue weighted by atomic mass is 14.3. The van der Waals surface area contributed by atoms with E-state index in [2.05, 4.69) is 54.5 Å². The van der Waals surface area contributed by atoms with Gasteiger partial charge in [-0.15, -0.1) is 0 Å². The molecule has 0 saturated heterocycles. The van der Waals surface area contributed by atoms with E-state index in [1.165, 1.54) is 38.5 Å². The first-order valence-corrected chi connectivity index (χ1v) is 8.62. The van der Waals surface area contributed by atoms with Gasteiger partial charge in [-0.25, -0.2) is 0 Å². The highest BCUT2D eigenvalue weighted by Gasteiger charge is 2.23. The number of allylic oxidation sites excluding steroid dienone is 2. The van der Waals surface area contributed by atoms with Crippen LogP contribution >= 0.6 is 0 Å². The van der Waals surface area contributed by atoms with Gasteiger partial charge in [-0.05, 0) is 55.8 Å². The second-order valence-electron chi connectivity index (χ2n) is 7.07. The Bertz CT molecular complexity index is 236. The maximum absolute atomic E-state index is 2.49. The first-order chi connectivity index (χ1) is 8.94. The van der Waals surface area contributed by atoms with Gasteiger partial charge >= 0.3 is 0 Å². The van der Waals surface area contributed by atoms with Crippen LogP contribution in [0.2, 0.25) is 0 Å². The van der Waals surface area contributed by atoms with Gasteiger partial charge in [-0.1, -0.05) is 66.5 Å². The molecule has 0 aliphatic heterocycles. The molecule has 0 fully saturated rings. The Labute approximate surface area is 123 Å². The molecule has 0 amide bonds. The first kappa shape index (κ1) is 18.7. The number of hydrogen-bond acceptors (Lipinski definition) is 0. The fourth-order valence-electron chi connectivity index (χ4n) is 3.27. The van der Waals surface area contributed by atoms with Gasteiger partial charge < -0.3 is 0 Å². The molecule has 1 aliphatic carbocycles. The maximum atomic E-state index is 2.49. The van der Waals surface area contributed by atoms with E-state index in [-0.39, 0.29) is 0 Å². The minimum Gasteiger partial charge on any atom is -0.0850 e. The molecule has 114 valence electrons. The van der Waals surface area contributed by atoms with Crippen LogP contribution in [0.3, 0.4) is 0 Å². The summed E-state index contributed by atoms with van der Waals surface area (Å²) in [4.78, 5) is 0. The molecule has 0 N–H and O–H groups in total. The summed E-state index contributed by atoms with van der Waals surface area (Å²) in [5, 5.41) is 0. The second kappa shape index (κ2) is 10.5. The van der Waals surface area contributed by atoms with Gasteiger partial charge in [0.05, 0.1) is 0 Å².